The van der Waals surface area contributed by atoms with E-state index in [1.807, 2.05) is 80.6 Å². The molecule has 2 N–H and O–H groups in total. The van der Waals surface area contributed by atoms with E-state index in [2.05, 4.69) is 34.7 Å². The van der Waals surface area contributed by atoms with E-state index in [1.54, 1.807) is 12.3 Å². The van der Waals surface area contributed by atoms with Gasteiger partial charge >= 0.3 is 0 Å². The Kier molecular flexibility index (Phi) is 8.90. The van der Waals surface area contributed by atoms with E-state index in [9.17, 15) is 9.59 Å². The van der Waals surface area contributed by atoms with Crippen LogP contribution in [0, 0.1) is 0 Å². The molecule has 1 aromatic heterocycles. The van der Waals surface area contributed by atoms with Crippen molar-refractivity contribution in [2.45, 2.75) is 64.3 Å². The van der Waals surface area contributed by atoms with Crippen LogP contribution in [0.2, 0.25) is 0 Å². The Bertz CT molecular complexity index is 1350. The van der Waals surface area contributed by atoms with E-state index >= 15 is 0 Å². The molecule has 1 heterocycles. The maximum absolute atomic E-state index is 13.4. The van der Waals surface area contributed by atoms with Crippen LogP contribution < -0.4 is 10.6 Å². The minimum Gasteiger partial charge on any atom is -0.353 e. The van der Waals surface area contributed by atoms with Crippen LogP contribution in [0.25, 0.3) is 10.9 Å². The summed E-state index contributed by atoms with van der Waals surface area (Å²) in [5.74, 6) is -0.0306. The Balaban J connectivity index is 0.00000164. The summed E-state index contributed by atoms with van der Waals surface area (Å²) in [4.78, 5) is 30.6. The molecule has 0 bridgehead atoms. The van der Waals surface area contributed by atoms with Gasteiger partial charge in [0.15, 0.2) is 0 Å². The lowest BCUT2D eigenvalue weighted by atomic mass is 9.78. The lowest BCUT2D eigenvalue weighted by molar-refractivity contribution is -0.127. The number of carbonyl (C=O) groups excluding carboxylic acids is 2. The predicted octanol–water partition coefficient (Wildman–Crippen LogP) is 7.07. The van der Waals surface area contributed by atoms with Crippen LogP contribution >= 0.6 is 0 Å². The highest BCUT2D eigenvalue weighted by Gasteiger charge is 2.42. The largest absolute Gasteiger partial charge is 0.353 e. The molecule has 5 nitrogen and oxygen atoms in total. The summed E-state index contributed by atoms with van der Waals surface area (Å²) in [7, 11) is 0. The van der Waals surface area contributed by atoms with Gasteiger partial charge in [0.25, 0.3) is 5.91 Å². The number of aromatic nitrogens is 1. The number of hydrogen-bond acceptors (Lipinski definition) is 3. The molecule has 0 saturated heterocycles. The van der Waals surface area contributed by atoms with Crippen LogP contribution in [-0.2, 0) is 16.6 Å². The molecule has 0 spiro atoms. The van der Waals surface area contributed by atoms with Gasteiger partial charge in [-0.3, -0.25) is 14.6 Å². The molecular formula is C33H37N3O2. The Morgan fingerprint density at radius 3 is 2.24 bits per heavy atom. The second-order valence-electron chi connectivity index (χ2n) is 9.76. The van der Waals surface area contributed by atoms with E-state index in [0.717, 1.165) is 59.8 Å². The molecule has 1 aliphatic rings. The van der Waals surface area contributed by atoms with E-state index in [1.165, 1.54) is 0 Å². The van der Waals surface area contributed by atoms with Gasteiger partial charge in [-0.15, -0.1) is 0 Å². The Labute approximate surface area is 225 Å². The molecule has 1 atom stereocenters. The summed E-state index contributed by atoms with van der Waals surface area (Å²) in [6.45, 7) is 6.05. The first-order chi connectivity index (χ1) is 18.5. The van der Waals surface area contributed by atoms with Crippen LogP contribution in [-0.4, -0.2) is 22.8 Å². The molecule has 5 heteroatoms. The topological polar surface area (TPSA) is 71.1 Å². The summed E-state index contributed by atoms with van der Waals surface area (Å²) in [6.07, 6.45) is 6.34. The number of carbonyl (C=O) groups is 2. The number of hydrogen-bond donors (Lipinski definition) is 2. The predicted molar refractivity (Wildman–Crippen MR) is 155 cm³/mol. The second kappa shape index (κ2) is 12.5. The van der Waals surface area contributed by atoms with Crippen molar-refractivity contribution >= 4 is 28.4 Å². The van der Waals surface area contributed by atoms with Crippen LogP contribution in [0.3, 0.4) is 0 Å². The molecule has 2 amide bonds. The summed E-state index contributed by atoms with van der Waals surface area (Å²) in [5, 5.41) is 7.10. The van der Waals surface area contributed by atoms with Crippen LogP contribution in [0.1, 0.15) is 67.9 Å². The van der Waals surface area contributed by atoms with Crippen molar-refractivity contribution in [3.05, 3.63) is 108 Å². The van der Waals surface area contributed by atoms with Gasteiger partial charge in [-0.25, -0.2) is 0 Å². The summed E-state index contributed by atoms with van der Waals surface area (Å²) in [6, 6.07) is 27.4. The Morgan fingerprint density at radius 2 is 1.53 bits per heavy atom. The van der Waals surface area contributed by atoms with Crippen molar-refractivity contribution in [3.8, 4) is 0 Å². The summed E-state index contributed by atoms with van der Waals surface area (Å²) >= 11 is 0. The lowest BCUT2D eigenvalue weighted by Crippen LogP contribution is -2.46. The minimum absolute atomic E-state index is 0.00214. The molecule has 0 aliphatic heterocycles. The number of benzene rings is 3. The fourth-order valence-electron chi connectivity index (χ4n) is 5.37. The highest BCUT2D eigenvalue weighted by atomic mass is 16.2. The third-order valence-electron chi connectivity index (χ3n) is 7.24. The number of para-hydroxylation sites is 1. The number of amides is 2. The SMILES string of the molecule is CC.CC(Cc1ccc(NC(=O)c2ccnc3ccccc23)cc1)NC(=O)C1(c2ccccc2)CCCC1. The summed E-state index contributed by atoms with van der Waals surface area (Å²) in [5.41, 5.74) is 3.93. The molecule has 0 radical (unpaired) electrons. The standard InChI is InChI=1S/C31H31N3O2.C2H6/c1-22(33-30(36)31(18-7-8-19-31)24-9-3-2-4-10-24)21-23-13-15-25(16-14-23)34-29(35)27-17-20-32-28-12-6-5-11-26(27)28;1-2/h2-6,9-17,20,22H,7-8,18-19,21H2,1H3,(H,33,36)(H,34,35);1-2H3. The van der Waals surface area contributed by atoms with Gasteiger partial charge in [-0.05, 0) is 61.6 Å². The maximum Gasteiger partial charge on any atom is 0.256 e. The zero-order valence-electron chi connectivity index (χ0n) is 22.5. The van der Waals surface area contributed by atoms with Crippen molar-refractivity contribution in [1.29, 1.82) is 0 Å². The second-order valence-corrected chi connectivity index (χ2v) is 9.76. The zero-order chi connectivity index (χ0) is 27.0. The van der Waals surface area contributed by atoms with Crippen molar-refractivity contribution < 1.29 is 9.59 Å². The zero-order valence-corrected chi connectivity index (χ0v) is 22.5. The van der Waals surface area contributed by atoms with E-state index in [4.69, 9.17) is 0 Å². The van der Waals surface area contributed by atoms with Crippen molar-refractivity contribution in [3.63, 3.8) is 0 Å². The average Bonchev–Trinajstić information content (AvgIpc) is 3.47. The molecule has 196 valence electrons. The number of anilines is 1. The van der Waals surface area contributed by atoms with Gasteiger partial charge < -0.3 is 10.6 Å². The first-order valence-electron chi connectivity index (χ1n) is 13.7. The minimum atomic E-state index is -0.416. The third kappa shape index (κ3) is 5.94. The van der Waals surface area contributed by atoms with E-state index in [0.29, 0.717) is 5.56 Å². The van der Waals surface area contributed by atoms with E-state index < -0.39 is 5.41 Å². The summed E-state index contributed by atoms with van der Waals surface area (Å²) < 4.78 is 0. The van der Waals surface area contributed by atoms with Crippen molar-refractivity contribution in [2.75, 3.05) is 5.32 Å². The van der Waals surface area contributed by atoms with E-state index in [-0.39, 0.29) is 17.9 Å². The molecule has 4 aromatic rings. The number of nitrogens with zero attached hydrogens (tertiary/aromatic N) is 1. The monoisotopic (exact) mass is 507 g/mol. The molecule has 38 heavy (non-hydrogen) atoms. The molecule has 1 saturated carbocycles. The molecule has 1 fully saturated rings. The van der Waals surface area contributed by atoms with Gasteiger partial charge in [0.2, 0.25) is 5.91 Å². The maximum atomic E-state index is 13.4. The number of rotatable bonds is 7. The van der Waals surface area contributed by atoms with Gasteiger partial charge in [-0.2, -0.15) is 0 Å². The van der Waals surface area contributed by atoms with Gasteiger partial charge in [0.1, 0.15) is 0 Å². The van der Waals surface area contributed by atoms with Crippen molar-refractivity contribution in [2.24, 2.45) is 0 Å². The first kappa shape index (κ1) is 27.1. The smallest absolute Gasteiger partial charge is 0.256 e. The van der Waals surface area contributed by atoms with Gasteiger partial charge in [0.05, 0.1) is 16.5 Å². The lowest BCUT2D eigenvalue weighted by Gasteiger charge is -2.30. The van der Waals surface area contributed by atoms with Gasteiger partial charge in [0, 0.05) is 23.3 Å². The highest BCUT2D eigenvalue weighted by Crippen LogP contribution is 2.41. The molecule has 3 aromatic carbocycles. The molecular weight excluding hydrogens is 470 g/mol. The fourth-order valence-corrected chi connectivity index (χ4v) is 5.37. The average molecular weight is 508 g/mol. The fraction of sp³-hybridized carbons (Fsp3) is 0.303. The van der Waals surface area contributed by atoms with Crippen LogP contribution in [0.5, 0.6) is 0 Å². The third-order valence-corrected chi connectivity index (χ3v) is 7.24. The number of nitrogens with one attached hydrogen (secondary N) is 2. The number of fused-ring (bicyclic) bond motifs is 1. The quantitative estimate of drug-likeness (QED) is 0.281. The van der Waals surface area contributed by atoms with Gasteiger partial charge in [-0.1, -0.05) is 87.4 Å². The number of pyridine rings is 1. The normalized spacial score (nSPS) is 14.7. The molecule has 1 unspecified atom stereocenters. The van der Waals surface area contributed by atoms with Crippen LogP contribution in [0.15, 0.2) is 91.1 Å². The highest BCUT2D eigenvalue weighted by molar-refractivity contribution is 6.12. The first-order valence-corrected chi connectivity index (χ1v) is 13.7. The van der Waals surface area contributed by atoms with Crippen molar-refractivity contribution in [1.82, 2.24) is 10.3 Å². The molecule has 5 rings (SSSR count). The molecule has 1 aliphatic carbocycles. The Hall–Kier alpha value is -3.99. The van der Waals surface area contributed by atoms with Crippen LogP contribution in [0.4, 0.5) is 5.69 Å². The Morgan fingerprint density at radius 1 is 0.868 bits per heavy atom.